The third-order valence-electron chi connectivity index (χ3n) is 5.32. The van der Waals surface area contributed by atoms with Gasteiger partial charge in [-0.05, 0) is 44.0 Å². The average Bonchev–Trinajstić information content (AvgIpc) is 3.31. The molecule has 0 aromatic heterocycles. The number of amides is 1. The highest BCUT2D eigenvalue weighted by Gasteiger charge is 2.33. The number of nitrogens with one attached hydrogen (secondary N) is 1. The average molecular weight is 508 g/mol. The molecule has 1 aliphatic heterocycles. The standard InChI is InChI=1S/C24H33N3O7S/c1-17(2)34-27(35(30,31)21-10-6-9-19(25)14-21)15-23(28)22(13-18-7-4-3-5-8-18)26-24(29)33-20-11-12-32-16-20/h3-10,14,17,20,22-23,28H,11-13,15-16,25H2,1-2H3,(H,26,29)/t20-,22-,23-/m0/s1. The fourth-order valence-electron chi connectivity index (χ4n) is 3.60. The molecule has 1 fully saturated rings. The van der Waals surface area contributed by atoms with Gasteiger partial charge >= 0.3 is 6.09 Å². The van der Waals surface area contributed by atoms with E-state index in [1.54, 1.807) is 19.9 Å². The number of aliphatic hydroxyl groups is 1. The maximum absolute atomic E-state index is 13.3. The van der Waals surface area contributed by atoms with Crippen LogP contribution < -0.4 is 11.1 Å². The molecule has 10 nitrogen and oxygen atoms in total. The van der Waals surface area contributed by atoms with Crippen molar-refractivity contribution in [3.05, 3.63) is 60.2 Å². The molecule has 192 valence electrons. The first-order valence-corrected chi connectivity index (χ1v) is 12.9. The van der Waals surface area contributed by atoms with Crippen molar-refractivity contribution in [3.8, 4) is 0 Å². The molecule has 2 aromatic carbocycles. The SMILES string of the molecule is CC(C)ON(C[C@H](O)[C@H](Cc1ccccc1)NC(=O)O[C@H]1CCOC1)S(=O)(=O)c1cccc(N)c1. The number of nitrogens with zero attached hydrogens (tertiary/aromatic N) is 1. The van der Waals surface area contributed by atoms with Crippen molar-refractivity contribution >= 4 is 21.8 Å². The summed E-state index contributed by atoms with van der Waals surface area (Å²) in [7, 11) is -4.16. The molecule has 1 saturated heterocycles. The highest BCUT2D eigenvalue weighted by molar-refractivity contribution is 7.89. The van der Waals surface area contributed by atoms with E-state index in [0.717, 1.165) is 10.0 Å². The summed E-state index contributed by atoms with van der Waals surface area (Å²) in [5.74, 6) is 0. The number of nitrogens with two attached hydrogens (primary N) is 1. The third kappa shape index (κ3) is 7.91. The summed E-state index contributed by atoms with van der Waals surface area (Å²) in [6.07, 6.45) is -2.06. The van der Waals surface area contributed by atoms with Crippen molar-refractivity contribution in [1.82, 2.24) is 9.79 Å². The predicted molar refractivity (Wildman–Crippen MR) is 130 cm³/mol. The van der Waals surface area contributed by atoms with Gasteiger partial charge in [-0.15, -0.1) is 0 Å². The van der Waals surface area contributed by atoms with Crippen LogP contribution in [0.3, 0.4) is 0 Å². The summed E-state index contributed by atoms with van der Waals surface area (Å²) in [4.78, 5) is 18.1. The van der Waals surface area contributed by atoms with Crippen LogP contribution >= 0.6 is 0 Å². The highest BCUT2D eigenvalue weighted by atomic mass is 32.2. The van der Waals surface area contributed by atoms with Gasteiger partial charge in [-0.3, -0.25) is 4.84 Å². The number of rotatable bonds is 11. The number of sulfonamides is 1. The fraction of sp³-hybridized carbons (Fsp3) is 0.458. The summed E-state index contributed by atoms with van der Waals surface area (Å²) < 4.78 is 38.0. The molecule has 0 spiro atoms. The van der Waals surface area contributed by atoms with Gasteiger partial charge in [0.05, 0.1) is 42.9 Å². The Bertz CT molecular complexity index is 1060. The van der Waals surface area contributed by atoms with Gasteiger partial charge in [-0.1, -0.05) is 40.9 Å². The van der Waals surface area contributed by atoms with Crippen LogP contribution in [-0.4, -0.2) is 68.2 Å². The summed E-state index contributed by atoms with van der Waals surface area (Å²) in [6, 6.07) is 14.2. The van der Waals surface area contributed by atoms with Crippen LogP contribution in [0.4, 0.5) is 10.5 Å². The highest BCUT2D eigenvalue weighted by Crippen LogP contribution is 2.21. The molecule has 3 rings (SSSR count). The maximum atomic E-state index is 13.3. The van der Waals surface area contributed by atoms with Crippen molar-refractivity contribution in [2.24, 2.45) is 0 Å². The molecular weight excluding hydrogens is 474 g/mol. The van der Waals surface area contributed by atoms with Crippen molar-refractivity contribution in [2.45, 2.75) is 55.9 Å². The van der Waals surface area contributed by atoms with Gasteiger partial charge in [0.15, 0.2) is 0 Å². The van der Waals surface area contributed by atoms with E-state index in [0.29, 0.717) is 19.6 Å². The van der Waals surface area contributed by atoms with Gasteiger partial charge in [-0.2, -0.15) is 0 Å². The number of carbonyl (C=O) groups excluding carboxylic acids is 1. The Morgan fingerprint density at radius 2 is 1.97 bits per heavy atom. The summed E-state index contributed by atoms with van der Waals surface area (Å²) in [5, 5.41) is 13.8. The van der Waals surface area contributed by atoms with Crippen LogP contribution in [-0.2, 0) is 30.8 Å². The van der Waals surface area contributed by atoms with Crippen LogP contribution in [0.1, 0.15) is 25.8 Å². The van der Waals surface area contributed by atoms with E-state index in [1.807, 2.05) is 30.3 Å². The quantitative estimate of drug-likeness (QED) is 0.310. The summed E-state index contributed by atoms with van der Waals surface area (Å²) in [5.41, 5.74) is 6.89. The number of hydroxylamine groups is 1. The second kappa shape index (κ2) is 12.3. The Kier molecular flexibility index (Phi) is 9.47. The largest absolute Gasteiger partial charge is 0.444 e. The molecule has 0 unspecified atom stereocenters. The molecule has 2 aromatic rings. The number of carbonyl (C=O) groups is 1. The number of nitrogen functional groups attached to an aromatic ring is 1. The summed E-state index contributed by atoms with van der Waals surface area (Å²) in [6.45, 7) is 3.74. The first-order chi connectivity index (χ1) is 16.6. The molecule has 1 aliphatic rings. The lowest BCUT2D eigenvalue weighted by Gasteiger charge is -2.30. The number of hydrogen-bond acceptors (Lipinski definition) is 8. The molecule has 1 heterocycles. The van der Waals surface area contributed by atoms with Crippen molar-refractivity contribution < 1.29 is 32.6 Å². The van der Waals surface area contributed by atoms with E-state index in [1.165, 1.54) is 18.2 Å². The predicted octanol–water partition coefficient (Wildman–Crippen LogP) is 2.09. The number of aliphatic hydroxyl groups excluding tert-OH is 1. The van der Waals surface area contributed by atoms with Crippen LogP contribution in [0.15, 0.2) is 59.5 Å². The van der Waals surface area contributed by atoms with E-state index in [2.05, 4.69) is 5.32 Å². The van der Waals surface area contributed by atoms with E-state index in [-0.39, 0.29) is 23.1 Å². The van der Waals surface area contributed by atoms with E-state index in [9.17, 15) is 18.3 Å². The molecular formula is C24H33N3O7S. The number of ether oxygens (including phenoxy) is 2. The molecule has 0 radical (unpaired) electrons. The van der Waals surface area contributed by atoms with Crippen molar-refractivity contribution in [1.29, 1.82) is 0 Å². The lowest BCUT2D eigenvalue weighted by Crippen LogP contribution is -2.51. The molecule has 1 amide bonds. The minimum atomic E-state index is -4.16. The van der Waals surface area contributed by atoms with Gasteiger partial charge in [0.2, 0.25) is 0 Å². The van der Waals surface area contributed by atoms with Crippen LogP contribution in [0.5, 0.6) is 0 Å². The first-order valence-electron chi connectivity index (χ1n) is 11.5. The first kappa shape index (κ1) is 26.9. The minimum absolute atomic E-state index is 0.0708. The van der Waals surface area contributed by atoms with E-state index in [4.69, 9.17) is 20.0 Å². The Morgan fingerprint density at radius 1 is 1.23 bits per heavy atom. The third-order valence-corrected chi connectivity index (χ3v) is 6.94. The Hall–Kier alpha value is -2.70. The van der Waals surface area contributed by atoms with Gasteiger partial charge in [0.25, 0.3) is 10.0 Å². The molecule has 3 atom stereocenters. The zero-order valence-electron chi connectivity index (χ0n) is 19.9. The van der Waals surface area contributed by atoms with Crippen LogP contribution in [0.25, 0.3) is 0 Å². The zero-order valence-corrected chi connectivity index (χ0v) is 20.7. The number of benzene rings is 2. The van der Waals surface area contributed by atoms with Crippen LogP contribution in [0, 0.1) is 0 Å². The second-order valence-electron chi connectivity index (χ2n) is 8.62. The Balaban J connectivity index is 1.80. The van der Waals surface area contributed by atoms with E-state index < -0.39 is 40.9 Å². The number of anilines is 1. The maximum Gasteiger partial charge on any atom is 0.407 e. The normalized spacial score (nSPS) is 17.9. The second-order valence-corrected chi connectivity index (χ2v) is 10.4. The topological polar surface area (TPSA) is 140 Å². The number of hydrogen-bond donors (Lipinski definition) is 3. The molecule has 4 N–H and O–H groups in total. The molecule has 11 heteroatoms. The smallest absolute Gasteiger partial charge is 0.407 e. The van der Waals surface area contributed by atoms with Gasteiger partial charge in [-0.25, -0.2) is 13.2 Å². The lowest BCUT2D eigenvalue weighted by atomic mass is 10.0. The zero-order chi connectivity index (χ0) is 25.4. The van der Waals surface area contributed by atoms with Crippen molar-refractivity contribution in [3.63, 3.8) is 0 Å². The van der Waals surface area contributed by atoms with Gasteiger partial charge in [0, 0.05) is 12.1 Å². The lowest BCUT2D eigenvalue weighted by molar-refractivity contribution is -0.136. The van der Waals surface area contributed by atoms with E-state index >= 15 is 0 Å². The molecule has 0 bridgehead atoms. The Morgan fingerprint density at radius 3 is 2.60 bits per heavy atom. The minimum Gasteiger partial charge on any atom is -0.444 e. The van der Waals surface area contributed by atoms with Crippen LogP contribution in [0.2, 0.25) is 0 Å². The van der Waals surface area contributed by atoms with Crippen molar-refractivity contribution in [2.75, 3.05) is 25.5 Å². The molecule has 0 aliphatic carbocycles. The molecule has 0 saturated carbocycles. The summed E-state index contributed by atoms with van der Waals surface area (Å²) >= 11 is 0. The van der Waals surface area contributed by atoms with Gasteiger partial charge < -0.3 is 25.6 Å². The fourth-order valence-corrected chi connectivity index (χ4v) is 5.00. The monoisotopic (exact) mass is 507 g/mol. The Labute approximate surface area is 206 Å². The number of alkyl carbamates (subject to hydrolysis) is 1. The van der Waals surface area contributed by atoms with Gasteiger partial charge in [0.1, 0.15) is 6.10 Å². The molecule has 35 heavy (non-hydrogen) atoms.